The van der Waals surface area contributed by atoms with Gasteiger partial charge in [-0.15, -0.1) is 0 Å². The van der Waals surface area contributed by atoms with Gasteiger partial charge in [-0.05, 0) is 98.0 Å². The standard InChI is InChI=1S/C38H46BrN5O4/c39-31-13-12-28-24-30(11-10-29(28)25-31)34(45)43-38(17-4-5-18-38)37(48)42-33(23-27-7-2-1-3-8-27)35(46)41-20-14-26-15-21-44(22-16-26)36(47)32-9-6-19-40-32/h1-3,7-8,10-13,24-26,32-33,40H,4-6,9,14-23H2,(H,41,46)(H,42,48)(H,43,45)/t32-,33+/m0/s1. The fourth-order valence-corrected chi connectivity index (χ4v) is 7.85. The summed E-state index contributed by atoms with van der Waals surface area (Å²) in [5.41, 5.74) is 0.354. The molecule has 2 atom stereocenters. The Hall–Kier alpha value is -3.76. The zero-order chi connectivity index (χ0) is 33.5. The van der Waals surface area contributed by atoms with Gasteiger partial charge in [0.25, 0.3) is 5.91 Å². The van der Waals surface area contributed by atoms with Gasteiger partial charge in [0.05, 0.1) is 6.04 Å². The zero-order valence-electron chi connectivity index (χ0n) is 27.4. The molecule has 6 rings (SSSR count). The number of carbonyl (C=O) groups is 4. The molecule has 0 aromatic heterocycles. The molecular formula is C38H46BrN5O4. The summed E-state index contributed by atoms with van der Waals surface area (Å²) in [6, 6.07) is 20.3. The Morgan fingerprint density at radius 1 is 0.896 bits per heavy atom. The van der Waals surface area contributed by atoms with Crippen LogP contribution in [0.1, 0.15) is 73.7 Å². The van der Waals surface area contributed by atoms with Crippen molar-refractivity contribution in [3.05, 3.63) is 82.3 Å². The van der Waals surface area contributed by atoms with Gasteiger partial charge < -0.3 is 26.2 Å². The summed E-state index contributed by atoms with van der Waals surface area (Å²) in [6.45, 7) is 2.93. The highest BCUT2D eigenvalue weighted by atomic mass is 79.9. The molecule has 3 aromatic rings. The maximum Gasteiger partial charge on any atom is 0.252 e. The van der Waals surface area contributed by atoms with E-state index in [1.54, 1.807) is 6.07 Å². The van der Waals surface area contributed by atoms with Crippen molar-refractivity contribution in [3.8, 4) is 0 Å². The smallest absolute Gasteiger partial charge is 0.252 e. The number of fused-ring (bicyclic) bond motifs is 1. The fraction of sp³-hybridized carbons (Fsp3) is 0.474. The van der Waals surface area contributed by atoms with Crippen molar-refractivity contribution in [2.75, 3.05) is 26.2 Å². The lowest BCUT2D eigenvalue weighted by molar-refractivity contribution is -0.134. The van der Waals surface area contributed by atoms with E-state index in [2.05, 4.69) is 37.2 Å². The van der Waals surface area contributed by atoms with Crippen molar-refractivity contribution >= 4 is 50.3 Å². The predicted octanol–water partition coefficient (Wildman–Crippen LogP) is 4.87. The average Bonchev–Trinajstić information content (AvgIpc) is 3.82. The molecule has 0 radical (unpaired) electrons. The summed E-state index contributed by atoms with van der Waals surface area (Å²) in [5.74, 6) is -0.189. The number of amides is 4. The largest absolute Gasteiger partial charge is 0.354 e. The fourth-order valence-electron chi connectivity index (χ4n) is 7.47. The van der Waals surface area contributed by atoms with E-state index in [4.69, 9.17) is 0 Å². The number of halogens is 1. The topological polar surface area (TPSA) is 120 Å². The van der Waals surface area contributed by atoms with E-state index < -0.39 is 11.6 Å². The summed E-state index contributed by atoms with van der Waals surface area (Å²) in [5, 5.41) is 14.5. The third-order valence-electron chi connectivity index (χ3n) is 10.3. The Labute approximate surface area is 291 Å². The Balaban J connectivity index is 1.07. The Bertz CT molecular complexity index is 1610. The quantitative estimate of drug-likeness (QED) is 0.226. The van der Waals surface area contributed by atoms with Crippen LogP contribution < -0.4 is 21.3 Å². The minimum absolute atomic E-state index is 0.0316. The van der Waals surface area contributed by atoms with Gasteiger partial charge in [0.1, 0.15) is 11.6 Å². The molecule has 0 unspecified atom stereocenters. The lowest BCUT2D eigenvalue weighted by atomic mass is 9.93. The summed E-state index contributed by atoms with van der Waals surface area (Å²) < 4.78 is 0.966. The third-order valence-corrected chi connectivity index (χ3v) is 10.8. The molecule has 1 saturated carbocycles. The van der Waals surface area contributed by atoms with Crippen molar-refractivity contribution in [1.29, 1.82) is 0 Å². The predicted molar refractivity (Wildman–Crippen MR) is 190 cm³/mol. The molecule has 4 N–H and O–H groups in total. The number of piperidine rings is 1. The van der Waals surface area contributed by atoms with Crippen molar-refractivity contribution in [2.24, 2.45) is 5.92 Å². The third kappa shape index (κ3) is 8.26. The highest BCUT2D eigenvalue weighted by Gasteiger charge is 2.44. The van der Waals surface area contributed by atoms with Crippen LogP contribution in [0.15, 0.2) is 71.2 Å². The van der Waals surface area contributed by atoms with E-state index in [0.717, 1.165) is 85.4 Å². The van der Waals surface area contributed by atoms with Gasteiger partial charge in [-0.3, -0.25) is 19.2 Å². The van der Waals surface area contributed by atoms with Gasteiger partial charge in [-0.2, -0.15) is 0 Å². The van der Waals surface area contributed by atoms with Crippen molar-refractivity contribution in [1.82, 2.24) is 26.2 Å². The second-order valence-electron chi connectivity index (χ2n) is 13.7. The number of hydrogen-bond donors (Lipinski definition) is 4. The van der Waals surface area contributed by atoms with Crippen LogP contribution in [-0.2, 0) is 20.8 Å². The minimum Gasteiger partial charge on any atom is -0.354 e. The molecule has 0 bridgehead atoms. The van der Waals surface area contributed by atoms with E-state index in [0.29, 0.717) is 37.3 Å². The average molecular weight is 717 g/mol. The molecule has 4 amide bonds. The van der Waals surface area contributed by atoms with E-state index in [9.17, 15) is 19.2 Å². The molecule has 2 saturated heterocycles. The first kappa shape index (κ1) is 34.1. The Morgan fingerprint density at radius 3 is 2.35 bits per heavy atom. The van der Waals surface area contributed by atoms with Crippen molar-refractivity contribution in [3.63, 3.8) is 0 Å². The summed E-state index contributed by atoms with van der Waals surface area (Å²) in [6.07, 6.45) is 7.66. The molecule has 254 valence electrons. The number of benzene rings is 3. The van der Waals surface area contributed by atoms with Gasteiger partial charge in [0.15, 0.2) is 0 Å². The molecule has 9 nitrogen and oxygen atoms in total. The molecule has 2 heterocycles. The van der Waals surface area contributed by atoms with Gasteiger partial charge in [-0.25, -0.2) is 0 Å². The van der Waals surface area contributed by atoms with Crippen LogP contribution in [0, 0.1) is 5.92 Å². The van der Waals surface area contributed by atoms with Crippen LogP contribution in [0.5, 0.6) is 0 Å². The maximum absolute atomic E-state index is 14.0. The lowest BCUT2D eigenvalue weighted by Gasteiger charge is -2.34. The van der Waals surface area contributed by atoms with Crippen LogP contribution >= 0.6 is 15.9 Å². The molecule has 10 heteroatoms. The van der Waals surface area contributed by atoms with Gasteiger partial charge in [-0.1, -0.05) is 71.2 Å². The number of nitrogens with zero attached hydrogens (tertiary/aromatic N) is 1. The van der Waals surface area contributed by atoms with Crippen LogP contribution in [-0.4, -0.2) is 72.3 Å². The molecule has 0 spiro atoms. The first-order chi connectivity index (χ1) is 23.3. The van der Waals surface area contributed by atoms with Gasteiger partial charge in [0, 0.05) is 36.1 Å². The molecule has 48 heavy (non-hydrogen) atoms. The monoisotopic (exact) mass is 715 g/mol. The lowest BCUT2D eigenvalue weighted by Crippen LogP contribution is -2.61. The van der Waals surface area contributed by atoms with E-state index >= 15 is 0 Å². The summed E-state index contributed by atoms with van der Waals surface area (Å²) >= 11 is 3.49. The van der Waals surface area contributed by atoms with Crippen molar-refractivity contribution < 1.29 is 19.2 Å². The highest BCUT2D eigenvalue weighted by Crippen LogP contribution is 2.31. The molecule has 3 aliphatic rings. The van der Waals surface area contributed by atoms with Crippen molar-refractivity contribution in [2.45, 2.75) is 81.8 Å². The van der Waals surface area contributed by atoms with Crippen LogP contribution in [0.25, 0.3) is 10.8 Å². The Morgan fingerprint density at radius 2 is 1.62 bits per heavy atom. The van der Waals surface area contributed by atoms with E-state index in [-0.39, 0.29) is 29.7 Å². The van der Waals surface area contributed by atoms with Gasteiger partial charge in [0.2, 0.25) is 17.7 Å². The number of hydrogen-bond acceptors (Lipinski definition) is 5. The first-order valence-corrected chi connectivity index (χ1v) is 18.3. The first-order valence-electron chi connectivity index (χ1n) is 17.5. The minimum atomic E-state index is -1.08. The van der Waals surface area contributed by atoms with Crippen LogP contribution in [0.3, 0.4) is 0 Å². The molecule has 2 aliphatic heterocycles. The SMILES string of the molecule is O=C(NC1(C(=O)N[C@H](Cc2ccccc2)C(=O)NCCC2CCN(C(=O)[C@@H]3CCCN3)CC2)CCCC1)c1ccc2cc(Br)ccc2c1. The molecular weight excluding hydrogens is 670 g/mol. The zero-order valence-corrected chi connectivity index (χ0v) is 29.0. The number of carbonyl (C=O) groups excluding carboxylic acids is 4. The molecule has 3 aromatic carbocycles. The van der Waals surface area contributed by atoms with Crippen LogP contribution in [0.2, 0.25) is 0 Å². The highest BCUT2D eigenvalue weighted by molar-refractivity contribution is 9.10. The number of nitrogens with one attached hydrogen (secondary N) is 4. The van der Waals surface area contributed by atoms with E-state index in [1.165, 1.54) is 0 Å². The van der Waals surface area contributed by atoms with Crippen LogP contribution in [0.4, 0.5) is 0 Å². The molecule has 3 fully saturated rings. The second kappa shape index (κ2) is 15.6. The summed E-state index contributed by atoms with van der Waals surface area (Å²) in [7, 11) is 0. The number of rotatable bonds is 11. The normalized spacial score (nSPS) is 19.9. The molecule has 1 aliphatic carbocycles. The van der Waals surface area contributed by atoms with Gasteiger partial charge >= 0.3 is 0 Å². The Kier molecular flexibility index (Phi) is 11.1. The summed E-state index contributed by atoms with van der Waals surface area (Å²) in [4.78, 5) is 56.0. The second-order valence-corrected chi connectivity index (χ2v) is 14.6. The maximum atomic E-state index is 14.0. The van der Waals surface area contributed by atoms with E-state index in [1.807, 2.05) is 65.6 Å². The number of likely N-dealkylation sites (tertiary alicyclic amines) is 1.